The lowest BCUT2D eigenvalue weighted by atomic mass is 10.1. The average molecular weight is 253 g/mol. The van der Waals surface area contributed by atoms with Crippen LogP contribution in [0.15, 0.2) is 0 Å². The summed E-state index contributed by atoms with van der Waals surface area (Å²) >= 11 is 5.73. The third kappa shape index (κ3) is 3.07. The Kier molecular flexibility index (Phi) is 4.13. The van der Waals surface area contributed by atoms with E-state index in [9.17, 15) is 13.2 Å². The monoisotopic (exact) mass is 252 g/mol. The van der Waals surface area contributed by atoms with Crippen LogP contribution in [0, 0.1) is 6.92 Å². The summed E-state index contributed by atoms with van der Waals surface area (Å²) in [5, 5.41) is -0.0896. The highest BCUT2D eigenvalue weighted by Crippen LogP contribution is 2.29. The van der Waals surface area contributed by atoms with Gasteiger partial charge in [-0.05, 0) is 19.8 Å². The maximum Gasteiger partial charge on any atom is 0.451 e. The van der Waals surface area contributed by atoms with Crippen molar-refractivity contribution >= 4 is 11.6 Å². The van der Waals surface area contributed by atoms with Gasteiger partial charge < -0.3 is 0 Å². The zero-order valence-electron chi connectivity index (χ0n) is 9.03. The van der Waals surface area contributed by atoms with Crippen molar-refractivity contribution in [2.24, 2.45) is 0 Å². The first-order valence-electron chi connectivity index (χ1n) is 4.96. The number of hydrogen-bond donors (Lipinski definition) is 0. The number of halogens is 4. The third-order valence-electron chi connectivity index (χ3n) is 2.20. The van der Waals surface area contributed by atoms with Gasteiger partial charge in [0.1, 0.15) is 5.15 Å². The first-order chi connectivity index (χ1) is 7.36. The minimum absolute atomic E-state index is 0.0896. The number of hydrogen-bond acceptors (Lipinski definition) is 2. The summed E-state index contributed by atoms with van der Waals surface area (Å²) in [4.78, 5) is 6.73. The lowest BCUT2D eigenvalue weighted by Gasteiger charge is -2.10. The molecule has 1 aromatic heterocycles. The van der Waals surface area contributed by atoms with E-state index in [-0.39, 0.29) is 5.15 Å². The Morgan fingerprint density at radius 2 is 1.88 bits per heavy atom. The first kappa shape index (κ1) is 13.2. The van der Waals surface area contributed by atoms with Crippen LogP contribution in [-0.2, 0) is 12.6 Å². The van der Waals surface area contributed by atoms with Gasteiger partial charge in [-0.25, -0.2) is 9.97 Å². The van der Waals surface area contributed by atoms with Crippen LogP contribution in [0.2, 0.25) is 5.15 Å². The van der Waals surface area contributed by atoms with E-state index < -0.39 is 12.0 Å². The maximum atomic E-state index is 12.3. The van der Waals surface area contributed by atoms with E-state index in [2.05, 4.69) is 9.97 Å². The van der Waals surface area contributed by atoms with Crippen LogP contribution in [0.4, 0.5) is 13.2 Å². The molecule has 1 rings (SSSR count). The van der Waals surface area contributed by atoms with Crippen molar-refractivity contribution in [1.29, 1.82) is 0 Å². The van der Waals surface area contributed by atoms with Gasteiger partial charge in [0, 0.05) is 11.3 Å². The normalized spacial score (nSPS) is 11.9. The summed E-state index contributed by atoms with van der Waals surface area (Å²) in [6.07, 6.45) is -2.14. The van der Waals surface area contributed by atoms with Gasteiger partial charge in [0.2, 0.25) is 5.82 Å². The minimum atomic E-state index is -4.54. The molecule has 0 fully saturated rings. The molecule has 0 spiro atoms. The van der Waals surface area contributed by atoms with Crippen molar-refractivity contribution in [2.75, 3.05) is 0 Å². The van der Waals surface area contributed by atoms with E-state index in [1.54, 1.807) is 0 Å². The second-order valence-electron chi connectivity index (χ2n) is 3.50. The topological polar surface area (TPSA) is 25.8 Å². The second-order valence-corrected chi connectivity index (χ2v) is 3.86. The van der Waals surface area contributed by atoms with Gasteiger partial charge in [-0.3, -0.25) is 0 Å². The Morgan fingerprint density at radius 1 is 1.25 bits per heavy atom. The molecule has 0 saturated heterocycles. The van der Waals surface area contributed by atoms with Crippen molar-refractivity contribution in [2.45, 2.75) is 39.3 Å². The average Bonchev–Trinajstić information content (AvgIpc) is 2.15. The Labute approximate surface area is 96.9 Å². The number of alkyl halides is 3. The van der Waals surface area contributed by atoms with Gasteiger partial charge >= 0.3 is 6.18 Å². The molecule has 0 bridgehead atoms. The number of aryl methyl sites for hydroxylation is 1. The highest BCUT2D eigenvalue weighted by Gasteiger charge is 2.35. The lowest BCUT2D eigenvalue weighted by Crippen LogP contribution is -2.13. The van der Waals surface area contributed by atoms with Crippen LogP contribution in [0.3, 0.4) is 0 Å². The highest BCUT2D eigenvalue weighted by atomic mass is 35.5. The molecule has 0 aliphatic carbocycles. The van der Waals surface area contributed by atoms with E-state index in [0.29, 0.717) is 17.7 Å². The van der Waals surface area contributed by atoms with E-state index in [4.69, 9.17) is 11.6 Å². The summed E-state index contributed by atoms with van der Waals surface area (Å²) in [6, 6.07) is 0. The molecular formula is C10H12ClF3N2. The SMILES string of the molecule is CCCCc1c(C)nc(C(F)(F)F)nc1Cl. The Bertz CT molecular complexity index is 354. The molecule has 0 aliphatic rings. The number of rotatable bonds is 3. The molecule has 6 heteroatoms. The zero-order valence-corrected chi connectivity index (χ0v) is 9.78. The molecule has 0 unspecified atom stereocenters. The number of unbranched alkanes of at least 4 members (excludes halogenated alkanes) is 1. The largest absolute Gasteiger partial charge is 0.451 e. The van der Waals surface area contributed by atoms with Gasteiger partial charge in [0.05, 0.1) is 0 Å². The summed E-state index contributed by atoms with van der Waals surface area (Å²) in [5.74, 6) is -1.17. The standard InChI is InChI=1S/C10H12ClF3N2/c1-3-4-5-7-6(2)15-9(10(12,13)14)16-8(7)11/h3-5H2,1-2H3. The van der Waals surface area contributed by atoms with E-state index in [1.807, 2.05) is 6.92 Å². The Balaban J connectivity index is 3.08. The van der Waals surface area contributed by atoms with E-state index >= 15 is 0 Å². The fourth-order valence-electron chi connectivity index (χ4n) is 1.33. The predicted molar refractivity (Wildman–Crippen MR) is 55.4 cm³/mol. The van der Waals surface area contributed by atoms with Gasteiger partial charge in [-0.15, -0.1) is 0 Å². The summed E-state index contributed by atoms with van der Waals surface area (Å²) in [5.41, 5.74) is 0.914. The van der Waals surface area contributed by atoms with Crippen molar-refractivity contribution in [1.82, 2.24) is 9.97 Å². The highest BCUT2D eigenvalue weighted by molar-refractivity contribution is 6.30. The summed E-state index contributed by atoms with van der Waals surface area (Å²) in [7, 11) is 0. The fourth-order valence-corrected chi connectivity index (χ4v) is 1.64. The molecule has 0 N–H and O–H groups in total. The fraction of sp³-hybridized carbons (Fsp3) is 0.600. The molecular weight excluding hydrogens is 241 g/mol. The van der Waals surface area contributed by atoms with Crippen LogP contribution in [0.5, 0.6) is 0 Å². The molecule has 0 saturated carbocycles. The van der Waals surface area contributed by atoms with Crippen LogP contribution < -0.4 is 0 Å². The van der Waals surface area contributed by atoms with Crippen LogP contribution in [0.25, 0.3) is 0 Å². The summed E-state index contributed by atoms with van der Waals surface area (Å²) < 4.78 is 37.0. The predicted octanol–water partition coefficient (Wildman–Crippen LogP) is 3.80. The van der Waals surface area contributed by atoms with Gasteiger partial charge in [-0.1, -0.05) is 24.9 Å². The first-order valence-corrected chi connectivity index (χ1v) is 5.34. The quantitative estimate of drug-likeness (QED) is 0.765. The van der Waals surface area contributed by atoms with Crippen molar-refractivity contribution in [3.05, 3.63) is 22.2 Å². The van der Waals surface area contributed by atoms with E-state index in [0.717, 1.165) is 12.8 Å². The Hall–Kier alpha value is -0.840. The third-order valence-corrected chi connectivity index (χ3v) is 2.51. The van der Waals surface area contributed by atoms with Crippen LogP contribution in [0.1, 0.15) is 36.8 Å². The van der Waals surface area contributed by atoms with Crippen molar-refractivity contribution < 1.29 is 13.2 Å². The molecule has 0 aliphatic heterocycles. The molecule has 0 atom stereocenters. The molecule has 0 aromatic carbocycles. The molecule has 2 nitrogen and oxygen atoms in total. The van der Waals surface area contributed by atoms with Gasteiger partial charge in [-0.2, -0.15) is 13.2 Å². The smallest absolute Gasteiger partial charge is 0.229 e. The molecule has 0 amide bonds. The summed E-state index contributed by atoms with van der Waals surface area (Å²) in [6.45, 7) is 3.52. The van der Waals surface area contributed by atoms with E-state index in [1.165, 1.54) is 6.92 Å². The molecule has 1 heterocycles. The zero-order chi connectivity index (χ0) is 12.3. The molecule has 1 aromatic rings. The van der Waals surface area contributed by atoms with Crippen LogP contribution >= 0.6 is 11.6 Å². The maximum absolute atomic E-state index is 12.3. The van der Waals surface area contributed by atoms with Crippen LogP contribution in [-0.4, -0.2) is 9.97 Å². The molecule has 16 heavy (non-hydrogen) atoms. The van der Waals surface area contributed by atoms with Crippen molar-refractivity contribution in [3.63, 3.8) is 0 Å². The molecule has 90 valence electrons. The van der Waals surface area contributed by atoms with Gasteiger partial charge in [0.15, 0.2) is 0 Å². The molecule has 0 radical (unpaired) electrons. The number of nitrogens with zero attached hydrogens (tertiary/aromatic N) is 2. The number of aromatic nitrogens is 2. The lowest BCUT2D eigenvalue weighted by molar-refractivity contribution is -0.145. The minimum Gasteiger partial charge on any atom is -0.229 e. The second kappa shape index (κ2) is 4.99. The van der Waals surface area contributed by atoms with Crippen molar-refractivity contribution in [3.8, 4) is 0 Å². The Morgan fingerprint density at radius 3 is 2.31 bits per heavy atom. The van der Waals surface area contributed by atoms with Gasteiger partial charge in [0.25, 0.3) is 0 Å².